The largest absolute Gasteiger partial charge is 0.484 e. The first kappa shape index (κ1) is 13.5. The molecule has 1 aromatic carbocycles. The first-order valence-electron chi connectivity index (χ1n) is 6.41. The number of hydrogen-bond acceptors (Lipinski definition) is 5. The van der Waals surface area contributed by atoms with E-state index in [4.69, 9.17) is 9.26 Å². The molecule has 5 nitrogen and oxygen atoms in total. The Labute approximate surface area is 112 Å². The van der Waals surface area contributed by atoms with Crippen molar-refractivity contribution < 1.29 is 14.4 Å². The van der Waals surface area contributed by atoms with Gasteiger partial charge in [0.2, 0.25) is 0 Å². The lowest BCUT2D eigenvalue weighted by molar-refractivity contribution is 0.199. The number of aliphatic hydroxyl groups excluding tert-OH is 1. The van der Waals surface area contributed by atoms with E-state index in [2.05, 4.69) is 17.1 Å². The van der Waals surface area contributed by atoms with Crippen LogP contribution in [0.5, 0.6) is 5.75 Å². The van der Waals surface area contributed by atoms with E-state index in [-0.39, 0.29) is 6.61 Å². The van der Waals surface area contributed by atoms with Crippen LogP contribution in [0.3, 0.4) is 0 Å². The Morgan fingerprint density at radius 3 is 2.68 bits per heavy atom. The fourth-order valence-corrected chi connectivity index (χ4v) is 1.66. The number of ether oxygens (including phenoxy) is 1. The molecule has 1 heterocycles. The van der Waals surface area contributed by atoms with E-state index in [1.165, 1.54) is 0 Å². The maximum Gasteiger partial charge on any atom is 0.264 e. The van der Waals surface area contributed by atoms with Gasteiger partial charge in [-0.1, -0.05) is 24.2 Å². The third kappa shape index (κ3) is 3.79. The van der Waals surface area contributed by atoms with E-state index < -0.39 is 6.10 Å². The summed E-state index contributed by atoms with van der Waals surface area (Å²) in [7, 11) is 0. The Bertz CT molecular complexity index is 506. The molecular weight excluding hydrogens is 244 g/mol. The van der Waals surface area contributed by atoms with Crippen molar-refractivity contribution in [3.63, 3.8) is 0 Å². The zero-order valence-corrected chi connectivity index (χ0v) is 11.2. The van der Waals surface area contributed by atoms with E-state index in [1.807, 2.05) is 24.3 Å². The van der Waals surface area contributed by atoms with Crippen LogP contribution in [0.1, 0.15) is 43.7 Å². The molecule has 0 saturated carbocycles. The summed E-state index contributed by atoms with van der Waals surface area (Å²) >= 11 is 0. The monoisotopic (exact) mass is 262 g/mol. The summed E-state index contributed by atoms with van der Waals surface area (Å²) in [6.07, 6.45) is 1.33. The Morgan fingerprint density at radius 1 is 1.32 bits per heavy atom. The molecule has 0 amide bonds. The van der Waals surface area contributed by atoms with Crippen molar-refractivity contribution in [2.45, 2.75) is 39.4 Å². The van der Waals surface area contributed by atoms with Crippen LogP contribution < -0.4 is 4.74 Å². The number of nitrogens with zero attached hydrogens (tertiary/aromatic N) is 2. The van der Waals surface area contributed by atoms with Gasteiger partial charge in [0.1, 0.15) is 5.75 Å². The van der Waals surface area contributed by atoms with Gasteiger partial charge in [0, 0.05) is 6.42 Å². The molecule has 0 fully saturated rings. The van der Waals surface area contributed by atoms with Crippen LogP contribution in [0.15, 0.2) is 28.8 Å². The molecule has 1 N–H and O–H groups in total. The van der Waals surface area contributed by atoms with Crippen LogP contribution >= 0.6 is 0 Å². The molecule has 0 aliphatic carbocycles. The molecule has 19 heavy (non-hydrogen) atoms. The van der Waals surface area contributed by atoms with Crippen LogP contribution in [0.2, 0.25) is 0 Å². The van der Waals surface area contributed by atoms with Gasteiger partial charge in [0.15, 0.2) is 12.4 Å². The van der Waals surface area contributed by atoms with Crippen molar-refractivity contribution in [3.8, 4) is 5.75 Å². The van der Waals surface area contributed by atoms with E-state index in [0.29, 0.717) is 17.5 Å². The Morgan fingerprint density at radius 2 is 2.05 bits per heavy atom. The molecular formula is C14H18N2O3. The molecule has 0 aliphatic rings. The van der Waals surface area contributed by atoms with Gasteiger partial charge in [-0.15, -0.1) is 0 Å². The molecule has 0 unspecified atom stereocenters. The fraction of sp³-hybridized carbons (Fsp3) is 0.429. The summed E-state index contributed by atoms with van der Waals surface area (Å²) in [5.74, 6) is 1.90. The summed E-state index contributed by atoms with van der Waals surface area (Å²) in [5, 5.41) is 13.3. The van der Waals surface area contributed by atoms with Crippen molar-refractivity contribution in [2.24, 2.45) is 0 Å². The molecule has 0 radical (unpaired) electrons. The molecule has 0 bridgehead atoms. The minimum Gasteiger partial charge on any atom is -0.484 e. The minimum atomic E-state index is -0.471. The number of rotatable bonds is 6. The number of aromatic nitrogens is 2. The average molecular weight is 262 g/mol. The van der Waals surface area contributed by atoms with Gasteiger partial charge in [-0.2, -0.15) is 4.98 Å². The van der Waals surface area contributed by atoms with E-state index >= 15 is 0 Å². The predicted molar refractivity (Wildman–Crippen MR) is 69.7 cm³/mol. The van der Waals surface area contributed by atoms with Crippen LogP contribution in [0.25, 0.3) is 0 Å². The fourth-order valence-electron chi connectivity index (χ4n) is 1.66. The number of aryl methyl sites for hydroxylation is 1. The highest BCUT2D eigenvalue weighted by Gasteiger charge is 2.06. The predicted octanol–water partition coefficient (Wildman–Crippen LogP) is 2.65. The highest BCUT2D eigenvalue weighted by molar-refractivity contribution is 5.28. The lowest BCUT2D eigenvalue weighted by Crippen LogP contribution is -1.97. The van der Waals surface area contributed by atoms with Crippen LogP contribution in [0.4, 0.5) is 0 Å². The summed E-state index contributed by atoms with van der Waals surface area (Å²) in [4.78, 5) is 4.22. The summed E-state index contributed by atoms with van der Waals surface area (Å²) in [6.45, 7) is 4.05. The Balaban J connectivity index is 1.90. The molecule has 0 spiro atoms. The highest BCUT2D eigenvalue weighted by Crippen LogP contribution is 2.18. The maximum absolute atomic E-state index is 9.40. The average Bonchev–Trinajstić information content (AvgIpc) is 2.85. The van der Waals surface area contributed by atoms with Gasteiger partial charge in [-0.25, -0.2) is 0 Å². The quantitative estimate of drug-likeness (QED) is 0.866. The van der Waals surface area contributed by atoms with Crippen LogP contribution in [-0.4, -0.2) is 15.2 Å². The molecule has 5 heteroatoms. The first-order valence-corrected chi connectivity index (χ1v) is 6.41. The van der Waals surface area contributed by atoms with E-state index in [9.17, 15) is 5.11 Å². The lowest BCUT2D eigenvalue weighted by atomic mass is 10.1. The minimum absolute atomic E-state index is 0.255. The Hall–Kier alpha value is -1.88. The van der Waals surface area contributed by atoms with Gasteiger partial charge in [-0.05, 0) is 31.0 Å². The Kier molecular flexibility index (Phi) is 4.52. The van der Waals surface area contributed by atoms with E-state index in [0.717, 1.165) is 18.4 Å². The molecule has 2 rings (SSSR count). The summed E-state index contributed by atoms with van der Waals surface area (Å²) < 4.78 is 10.6. The number of hydrogen-bond donors (Lipinski definition) is 1. The zero-order chi connectivity index (χ0) is 13.7. The SMILES string of the molecule is CCCc1noc(COc2ccc([C@H](C)O)cc2)n1. The van der Waals surface area contributed by atoms with Crippen molar-refractivity contribution in [2.75, 3.05) is 0 Å². The molecule has 2 aromatic rings. The lowest BCUT2D eigenvalue weighted by Gasteiger charge is -2.06. The second-order valence-electron chi connectivity index (χ2n) is 4.39. The number of aliphatic hydroxyl groups is 1. The molecule has 102 valence electrons. The molecule has 0 aliphatic heterocycles. The highest BCUT2D eigenvalue weighted by atomic mass is 16.5. The molecule has 0 saturated heterocycles. The van der Waals surface area contributed by atoms with Gasteiger partial charge < -0.3 is 14.4 Å². The smallest absolute Gasteiger partial charge is 0.264 e. The maximum atomic E-state index is 9.40. The van der Waals surface area contributed by atoms with Gasteiger partial charge in [0.05, 0.1) is 6.10 Å². The van der Waals surface area contributed by atoms with Gasteiger partial charge in [-0.3, -0.25) is 0 Å². The van der Waals surface area contributed by atoms with E-state index in [1.54, 1.807) is 6.92 Å². The summed E-state index contributed by atoms with van der Waals surface area (Å²) in [5.41, 5.74) is 0.857. The summed E-state index contributed by atoms with van der Waals surface area (Å²) in [6, 6.07) is 7.28. The third-order valence-electron chi connectivity index (χ3n) is 2.71. The van der Waals surface area contributed by atoms with Gasteiger partial charge >= 0.3 is 0 Å². The second-order valence-corrected chi connectivity index (χ2v) is 4.39. The molecule has 1 aromatic heterocycles. The topological polar surface area (TPSA) is 68.4 Å². The van der Waals surface area contributed by atoms with Crippen LogP contribution in [-0.2, 0) is 13.0 Å². The normalized spacial score (nSPS) is 12.4. The van der Waals surface area contributed by atoms with Crippen LogP contribution in [0, 0.1) is 0 Å². The zero-order valence-electron chi connectivity index (χ0n) is 11.2. The number of benzene rings is 1. The third-order valence-corrected chi connectivity index (χ3v) is 2.71. The van der Waals surface area contributed by atoms with Crippen molar-refractivity contribution in [1.82, 2.24) is 10.1 Å². The van der Waals surface area contributed by atoms with Crippen molar-refractivity contribution >= 4 is 0 Å². The second kappa shape index (κ2) is 6.33. The van der Waals surface area contributed by atoms with Gasteiger partial charge in [0.25, 0.3) is 5.89 Å². The standard InChI is InChI=1S/C14H18N2O3/c1-3-4-13-15-14(19-16-13)9-18-12-7-5-11(6-8-12)10(2)17/h5-8,10,17H,3-4,9H2,1-2H3/t10-/m0/s1. The van der Waals surface area contributed by atoms with Crippen molar-refractivity contribution in [3.05, 3.63) is 41.5 Å². The molecule has 1 atom stereocenters. The van der Waals surface area contributed by atoms with Crippen molar-refractivity contribution in [1.29, 1.82) is 0 Å². The first-order chi connectivity index (χ1) is 9.19.